The van der Waals surface area contributed by atoms with Crippen LogP contribution in [-0.2, 0) is 10.0 Å². The maximum Gasteiger partial charge on any atom is 0.262 e. The van der Waals surface area contributed by atoms with Crippen LogP contribution in [0.1, 0.15) is 32.6 Å². The fraction of sp³-hybridized carbons (Fsp3) is 0.240. The molecule has 0 spiro atoms. The van der Waals surface area contributed by atoms with Gasteiger partial charge in [0.05, 0.1) is 11.4 Å². The molecule has 0 unspecified atom stereocenters. The molecule has 0 saturated heterocycles. The molecule has 0 fully saturated rings. The SMILES string of the molecule is Cc1cccc(NS(=O)(=O)c2cc(C(=O)NCCOc3cc(C)cc(C)c3)ccc2C)c1. The quantitative estimate of drug-likeness (QED) is 0.492. The normalized spacial score (nSPS) is 11.1. The maximum absolute atomic E-state index is 12.9. The summed E-state index contributed by atoms with van der Waals surface area (Å²) in [6.07, 6.45) is 0. The van der Waals surface area contributed by atoms with E-state index in [9.17, 15) is 13.2 Å². The zero-order valence-electron chi connectivity index (χ0n) is 18.7. The molecule has 168 valence electrons. The van der Waals surface area contributed by atoms with Crippen molar-refractivity contribution in [2.75, 3.05) is 17.9 Å². The van der Waals surface area contributed by atoms with E-state index in [0.29, 0.717) is 24.4 Å². The number of ether oxygens (including phenoxy) is 1. The molecular formula is C25H28N2O4S. The second-order valence-corrected chi connectivity index (χ2v) is 9.53. The number of nitrogens with one attached hydrogen (secondary N) is 2. The Morgan fingerprint density at radius 2 is 1.59 bits per heavy atom. The third-order valence-corrected chi connectivity index (χ3v) is 6.38. The number of benzene rings is 3. The minimum atomic E-state index is -3.84. The van der Waals surface area contributed by atoms with Gasteiger partial charge in [-0.2, -0.15) is 0 Å². The van der Waals surface area contributed by atoms with Crippen molar-refractivity contribution in [1.29, 1.82) is 0 Å². The average Bonchev–Trinajstić information content (AvgIpc) is 2.70. The van der Waals surface area contributed by atoms with Gasteiger partial charge in [-0.25, -0.2) is 8.42 Å². The molecule has 32 heavy (non-hydrogen) atoms. The monoisotopic (exact) mass is 452 g/mol. The van der Waals surface area contributed by atoms with Crippen LogP contribution >= 0.6 is 0 Å². The van der Waals surface area contributed by atoms with Gasteiger partial charge in [-0.15, -0.1) is 0 Å². The van der Waals surface area contributed by atoms with Gasteiger partial charge in [-0.3, -0.25) is 9.52 Å². The minimum Gasteiger partial charge on any atom is -0.492 e. The van der Waals surface area contributed by atoms with E-state index in [-0.39, 0.29) is 16.4 Å². The first-order valence-corrected chi connectivity index (χ1v) is 11.8. The lowest BCUT2D eigenvalue weighted by atomic mass is 10.1. The summed E-state index contributed by atoms with van der Waals surface area (Å²) in [5, 5.41) is 2.77. The van der Waals surface area contributed by atoms with Crippen LogP contribution in [-0.4, -0.2) is 27.5 Å². The Kier molecular flexibility index (Phi) is 7.20. The first-order chi connectivity index (χ1) is 15.1. The van der Waals surface area contributed by atoms with Crippen LogP contribution in [0.15, 0.2) is 65.6 Å². The number of anilines is 1. The van der Waals surface area contributed by atoms with Gasteiger partial charge in [0.15, 0.2) is 0 Å². The molecule has 3 aromatic rings. The number of carbonyl (C=O) groups excluding carboxylic acids is 1. The standard InChI is InChI=1S/C25H28N2O4S/c1-17-6-5-7-22(13-17)27-32(29,30)24-16-21(9-8-20(24)4)25(28)26-10-11-31-23-14-18(2)12-19(3)15-23/h5-9,12-16,27H,10-11H2,1-4H3,(H,26,28). The molecule has 3 aromatic carbocycles. The first-order valence-electron chi connectivity index (χ1n) is 10.3. The minimum absolute atomic E-state index is 0.0677. The van der Waals surface area contributed by atoms with Crippen LogP contribution in [0, 0.1) is 27.7 Å². The van der Waals surface area contributed by atoms with Crippen molar-refractivity contribution in [3.8, 4) is 5.75 Å². The molecule has 0 radical (unpaired) electrons. The molecule has 0 heterocycles. The van der Waals surface area contributed by atoms with E-state index < -0.39 is 10.0 Å². The Hall–Kier alpha value is -3.32. The summed E-state index contributed by atoms with van der Waals surface area (Å²) >= 11 is 0. The molecule has 2 N–H and O–H groups in total. The fourth-order valence-corrected chi connectivity index (χ4v) is 4.72. The van der Waals surface area contributed by atoms with E-state index in [1.54, 1.807) is 37.3 Å². The summed E-state index contributed by atoms with van der Waals surface area (Å²) in [5.41, 5.74) is 4.46. The summed E-state index contributed by atoms with van der Waals surface area (Å²) in [6, 6.07) is 17.7. The number of sulfonamides is 1. The van der Waals surface area contributed by atoms with Gasteiger partial charge in [0.25, 0.3) is 15.9 Å². The molecular weight excluding hydrogens is 424 g/mol. The molecule has 6 nitrogen and oxygen atoms in total. The van der Waals surface area contributed by atoms with Crippen molar-refractivity contribution in [2.45, 2.75) is 32.6 Å². The molecule has 0 atom stereocenters. The fourth-order valence-electron chi connectivity index (χ4n) is 3.40. The Balaban J connectivity index is 1.65. The van der Waals surface area contributed by atoms with Crippen molar-refractivity contribution >= 4 is 21.6 Å². The van der Waals surface area contributed by atoms with E-state index in [1.807, 2.05) is 39.0 Å². The summed E-state index contributed by atoms with van der Waals surface area (Å²) in [7, 11) is -3.84. The Morgan fingerprint density at radius 1 is 0.875 bits per heavy atom. The Morgan fingerprint density at radius 3 is 2.28 bits per heavy atom. The molecule has 0 saturated carbocycles. The van der Waals surface area contributed by atoms with Gasteiger partial charge in [0, 0.05) is 11.3 Å². The van der Waals surface area contributed by atoms with Crippen LogP contribution in [0.25, 0.3) is 0 Å². The van der Waals surface area contributed by atoms with Crippen molar-refractivity contribution in [1.82, 2.24) is 5.32 Å². The number of carbonyl (C=O) groups is 1. The molecule has 0 bridgehead atoms. The van der Waals surface area contributed by atoms with Crippen molar-refractivity contribution in [3.63, 3.8) is 0 Å². The predicted molar refractivity (Wildman–Crippen MR) is 127 cm³/mol. The summed E-state index contributed by atoms with van der Waals surface area (Å²) in [5.74, 6) is 0.392. The topological polar surface area (TPSA) is 84.5 Å². The lowest BCUT2D eigenvalue weighted by Gasteiger charge is -2.13. The van der Waals surface area contributed by atoms with Crippen LogP contribution in [0.4, 0.5) is 5.69 Å². The third kappa shape index (κ3) is 6.11. The highest BCUT2D eigenvalue weighted by Gasteiger charge is 2.19. The highest BCUT2D eigenvalue weighted by atomic mass is 32.2. The maximum atomic E-state index is 12.9. The van der Waals surface area contributed by atoms with E-state index in [0.717, 1.165) is 22.4 Å². The number of hydrogen-bond donors (Lipinski definition) is 2. The van der Waals surface area contributed by atoms with E-state index in [4.69, 9.17) is 4.74 Å². The van der Waals surface area contributed by atoms with Crippen LogP contribution in [0.3, 0.4) is 0 Å². The number of rotatable bonds is 8. The molecule has 0 aromatic heterocycles. The number of amides is 1. The third-order valence-electron chi connectivity index (χ3n) is 4.86. The van der Waals surface area contributed by atoms with E-state index in [1.165, 1.54) is 6.07 Å². The van der Waals surface area contributed by atoms with Gasteiger partial charge in [-0.05, 0) is 86.3 Å². The zero-order chi connectivity index (χ0) is 23.3. The highest BCUT2D eigenvalue weighted by molar-refractivity contribution is 7.92. The van der Waals surface area contributed by atoms with Crippen molar-refractivity contribution in [3.05, 3.63) is 88.5 Å². The first kappa shape index (κ1) is 23.3. The molecule has 7 heteroatoms. The summed E-state index contributed by atoms with van der Waals surface area (Å²) in [6.45, 7) is 8.18. The van der Waals surface area contributed by atoms with Crippen LogP contribution in [0.2, 0.25) is 0 Å². The number of hydrogen-bond acceptors (Lipinski definition) is 4. The second kappa shape index (κ2) is 9.87. The lowest BCUT2D eigenvalue weighted by Crippen LogP contribution is -2.28. The van der Waals surface area contributed by atoms with Gasteiger partial charge in [0.1, 0.15) is 12.4 Å². The molecule has 0 aliphatic heterocycles. The predicted octanol–water partition coefficient (Wildman–Crippen LogP) is 4.53. The van der Waals surface area contributed by atoms with Gasteiger partial charge < -0.3 is 10.1 Å². The molecule has 0 aliphatic carbocycles. The Labute approximate surface area is 189 Å². The van der Waals surface area contributed by atoms with Crippen LogP contribution < -0.4 is 14.8 Å². The van der Waals surface area contributed by atoms with Crippen LogP contribution in [0.5, 0.6) is 5.75 Å². The average molecular weight is 453 g/mol. The Bertz CT molecular complexity index is 1220. The lowest BCUT2D eigenvalue weighted by molar-refractivity contribution is 0.0946. The van der Waals surface area contributed by atoms with E-state index in [2.05, 4.69) is 16.1 Å². The van der Waals surface area contributed by atoms with Gasteiger partial charge in [0.2, 0.25) is 0 Å². The smallest absolute Gasteiger partial charge is 0.262 e. The second-order valence-electron chi connectivity index (χ2n) is 7.88. The number of aryl methyl sites for hydroxylation is 4. The van der Waals surface area contributed by atoms with Gasteiger partial charge in [-0.1, -0.05) is 24.3 Å². The highest BCUT2D eigenvalue weighted by Crippen LogP contribution is 2.21. The zero-order valence-corrected chi connectivity index (χ0v) is 19.5. The molecule has 3 rings (SSSR count). The van der Waals surface area contributed by atoms with E-state index >= 15 is 0 Å². The molecule has 1 amide bonds. The van der Waals surface area contributed by atoms with Crippen molar-refractivity contribution < 1.29 is 17.9 Å². The largest absolute Gasteiger partial charge is 0.492 e. The van der Waals surface area contributed by atoms with Crippen molar-refractivity contribution in [2.24, 2.45) is 0 Å². The summed E-state index contributed by atoms with van der Waals surface area (Å²) in [4.78, 5) is 12.6. The van der Waals surface area contributed by atoms with Gasteiger partial charge >= 0.3 is 0 Å². The summed E-state index contributed by atoms with van der Waals surface area (Å²) < 4.78 is 34.1. The molecule has 0 aliphatic rings.